The average molecular weight is 260 g/mol. The second-order valence-corrected chi connectivity index (χ2v) is 4.98. The molecule has 1 heterocycles. The molecule has 0 saturated carbocycles. The second-order valence-electron chi connectivity index (χ2n) is 4.98. The Kier molecular flexibility index (Phi) is 4.35. The zero-order valence-electron chi connectivity index (χ0n) is 10.9. The first-order valence-electron chi connectivity index (χ1n) is 6.59. The van der Waals surface area contributed by atoms with Crippen LogP contribution in [0.1, 0.15) is 30.4 Å². The number of hydrogen-bond donors (Lipinski definition) is 3. The van der Waals surface area contributed by atoms with Gasteiger partial charge in [0.05, 0.1) is 5.60 Å². The Morgan fingerprint density at radius 3 is 2.53 bits per heavy atom. The Balaban J connectivity index is 2.05. The molecule has 1 amide bonds. The standard InChI is InChI=1S/C15H20N2O2/c16-14(18)3-1-2-12-4-6-13(7-5-12)15(19)8-10-17-11-9-15/h1-2,4-7,17,19H,3,8-11H2,(H2,16,18). The lowest BCUT2D eigenvalue weighted by Crippen LogP contribution is -2.39. The normalized spacial score (nSPS) is 18.6. The van der Waals surface area contributed by atoms with E-state index in [1.807, 2.05) is 30.3 Å². The van der Waals surface area contributed by atoms with Crippen LogP contribution in [0, 0.1) is 0 Å². The number of aliphatic hydroxyl groups is 1. The Morgan fingerprint density at radius 2 is 1.95 bits per heavy atom. The van der Waals surface area contributed by atoms with Crippen LogP contribution in [0.3, 0.4) is 0 Å². The van der Waals surface area contributed by atoms with Crippen molar-refractivity contribution in [3.8, 4) is 0 Å². The molecule has 0 aliphatic carbocycles. The molecule has 1 fully saturated rings. The van der Waals surface area contributed by atoms with E-state index in [2.05, 4.69) is 5.32 Å². The third-order valence-electron chi connectivity index (χ3n) is 3.51. The van der Waals surface area contributed by atoms with Gasteiger partial charge in [-0.05, 0) is 37.1 Å². The van der Waals surface area contributed by atoms with Gasteiger partial charge in [0.25, 0.3) is 0 Å². The summed E-state index contributed by atoms with van der Waals surface area (Å²) in [5.74, 6) is -0.336. The van der Waals surface area contributed by atoms with Gasteiger partial charge in [-0.25, -0.2) is 0 Å². The van der Waals surface area contributed by atoms with E-state index >= 15 is 0 Å². The molecule has 1 saturated heterocycles. The van der Waals surface area contributed by atoms with Crippen LogP contribution in [-0.2, 0) is 10.4 Å². The number of hydrogen-bond acceptors (Lipinski definition) is 3. The van der Waals surface area contributed by atoms with Gasteiger partial charge in [-0.15, -0.1) is 0 Å². The molecule has 0 aromatic heterocycles. The van der Waals surface area contributed by atoms with Crippen molar-refractivity contribution in [1.29, 1.82) is 0 Å². The number of nitrogens with one attached hydrogen (secondary N) is 1. The quantitative estimate of drug-likeness (QED) is 0.760. The van der Waals surface area contributed by atoms with E-state index in [1.54, 1.807) is 6.08 Å². The first kappa shape index (κ1) is 13.8. The fourth-order valence-corrected chi connectivity index (χ4v) is 2.34. The van der Waals surface area contributed by atoms with Gasteiger partial charge in [0.2, 0.25) is 5.91 Å². The zero-order chi connectivity index (χ0) is 13.7. The van der Waals surface area contributed by atoms with E-state index in [-0.39, 0.29) is 12.3 Å². The minimum absolute atomic E-state index is 0.247. The van der Waals surface area contributed by atoms with Crippen molar-refractivity contribution >= 4 is 12.0 Å². The van der Waals surface area contributed by atoms with Gasteiger partial charge in [0.1, 0.15) is 0 Å². The third-order valence-corrected chi connectivity index (χ3v) is 3.51. The van der Waals surface area contributed by atoms with Gasteiger partial charge in [-0.1, -0.05) is 36.4 Å². The Morgan fingerprint density at radius 1 is 1.32 bits per heavy atom. The maximum atomic E-state index is 10.6. The molecule has 0 atom stereocenters. The number of carbonyl (C=O) groups excluding carboxylic acids is 1. The maximum absolute atomic E-state index is 10.6. The van der Waals surface area contributed by atoms with Crippen molar-refractivity contribution in [3.63, 3.8) is 0 Å². The number of primary amides is 1. The molecular weight excluding hydrogens is 240 g/mol. The Bertz CT molecular complexity index is 460. The number of piperidine rings is 1. The van der Waals surface area contributed by atoms with Gasteiger partial charge < -0.3 is 16.2 Å². The molecule has 4 nitrogen and oxygen atoms in total. The summed E-state index contributed by atoms with van der Waals surface area (Å²) in [6, 6.07) is 7.81. The smallest absolute Gasteiger partial charge is 0.221 e. The van der Waals surface area contributed by atoms with Crippen LogP contribution in [0.5, 0.6) is 0 Å². The molecule has 4 heteroatoms. The zero-order valence-corrected chi connectivity index (χ0v) is 10.9. The van der Waals surface area contributed by atoms with Crippen molar-refractivity contribution in [2.24, 2.45) is 5.73 Å². The summed E-state index contributed by atoms with van der Waals surface area (Å²) in [6.45, 7) is 1.69. The van der Waals surface area contributed by atoms with Crippen molar-refractivity contribution < 1.29 is 9.90 Å². The molecule has 1 aromatic rings. The fraction of sp³-hybridized carbons (Fsp3) is 0.400. The largest absolute Gasteiger partial charge is 0.385 e. The summed E-state index contributed by atoms with van der Waals surface area (Å²) in [7, 11) is 0. The second kappa shape index (κ2) is 5.99. The highest BCUT2D eigenvalue weighted by atomic mass is 16.3. The average Bonchev–Trinajstić information content (AvgIpc) is 2.40. The highest BCUT2D eigenvalue weighted by molar-refractivity contribution is 5.76. The highest BCUT2D eigenvalue weighted by Crippen LogP contribution is 2.30. The van der Waals surface area contributed by atoms with Gasteiger partial charge in [-0.3, -0.25) is 4.79 Å². The first-order valence-corrected chi connectivity index (χ1v) is 6.59. The van der Waals surface area contributed by atoms with Gasteiger partial charge in [0, 0.05) is 6.42 Å². The third kappa shape index (κ3) is 3.66. The fourth-order valence-electron chi connectivity index (χ4n) is 2.34. The van der Waals surface area contributed by atoms with E-state index in [0.717, 1.165) is 37.1 Å². The van der Waals surface area contributed by atoms with Crippen molar-refractivity contribution in [2.75, 3.05) is 13.1 Å². The van der Waals surface area contributed by atoms with E-state index < -0.39 is 5.60 Å². The van der Waals surface area contributed by atoms with Gasteiger partial charge in [0.15, 0.2) is 0 Å². The van der Waals surface area contributed by atoms with E-state index in [4.69, 9.17) is 5.73 Å². The number of benzene rings is 1. The van der Waals surface area contributed by atoms with Crippen molar-refractivity contribution in [3.05, 3.63) is 41.5 Å². The first-order chi connectivity index (χ1) is 9.10. The number of nitrogens with two attached hydrogens (primary N) is 1. The van der Waals surface area contributed by atoms with Crippen molar-refractivity contribution in [2.45, 2.75) is 24.9 Å². The lowest BCUT2D eigenvalue weighted by atomic mass is 9.85. The summed E-state index contributed by atoms with van der Waals surface area (Å²) in [4.78, 5) is 10.6. The lowest BCUT2D eigenvalue weighted by molar-refractivity contribution is -0.117. The molecule has 1 aliphatic heterocycles. The molecule has 1 aromatic carbocycles. The van der Waals surface area contributed by atoms with Crippen LogP contribution >= 0.6 is 0 Å². The molecule has 0 radical (unpaired) electrons. The predicted octanol–water partition coefficient (Wildman–Crippen LogP) is 1.15. The SMILES string of the molecule is NC(=O)CC=Cc1ccc(C2(O)CCNCC2)cc1. The van der Waals surface area contributed by atoms with Crippen LogP contribution in [0.4, 0.5) is 0 Å². The molecule has 0 bridgehead atoms. The van der Waals surface area contributed by atoms with Crippen LogP contribution in [-0.4, -0.2) is 24.1 Å². The molecule has 0 unspecified atom stereocenters. The summed E-state index contributed by atoms with van der Waals surface area (Å²) < 4.78 is 0. The maximum Gasteiger partial charge on any atom is 0.221 e. The summed E-state index contributed by atoms with van der Waals surface area (Å²) >= 11 is 0. The number of rotatable bonds is 4. The molecular formula is C15H20N2O2. The van der Waals surface area contributed by atoms with Crippen LogP contribution in [0.2, 0.25) is 0 Å². The Hall–Kier alpha value is -1.65. The van der Waals surface area contributed by atoms with Gasteiger partial charge >= 0.3 is 0 Å². The highest BCUT2D eigenvalue weighted by Gasteiger charge is 2.30. The summed E-state index contributed by atoms with van der Waals surface area (Å²) in [5, 5.41) is 13.8. The topological polar surface area (TPSA) is 75.4 Å². The van der Waals surface area contributed by atoms with Gasteiger partial charge in [-0.2, -0.15) is 0 Å². The molecule has 4 N–H and O–H groups in total. The minimum Gasteiger partial charge on any atom is -0.385 e. The monoisotopic (exact) mass is 260 g/mol. The van der Waals surface area contributed by atoms with Crippen LogP contribution in [0.15, 0.2) is 30.3 Å². The summed E-state index contributed by atoms with van der Waals surface area (Å²) in [5.41, 5.74) is 6.32. The molecule has 19 heavy (non-hydrogen) atoms. The van der Waals surface area contributed by atoms with Crippen LogP contribution < -0.4 is 11.1 Å². The van der Waals surface area contributed by atoms with E-state index in [9.17, 15) is 9.90 Å². The van der Waals surface area contributed by atoms with Crippen LogP contribution in [0.25, 0.3) is 6.08 Å². The molecule has 1 aliphatic rings. The molecule has 2 rings (SSSR count). The number of carbonyl (C=O) groups is 1. The van der Waals surface area contributed by atoms with E-state index in [0.29, 0.717) is 0 Å². The minimum atomic E-state index is -0.708. The lowest BCUT2D eigenvalue weighted by Gasteiger charge is -2.33. The molecule has 0 spiro atoms. The van der Waals surface area contributed by atoms with E-state index in [1.165, 1.54) is 0 Å². The molecule has 102 valence electrons. The predicted molar refractivity (Wildman–Crippen MR) is 75.3 cm³/mol. The number of amides is 1. The van der Waals surface area contributed by atoms with Crippen molar-refractivity contribution in [1.82, 2.24) is 5.32 Å². The Labute approximate surface area is 113 Å². The summed E-state index contributed by atoms with van der Waals surface area (Å²) in [6.07, 6.45) is 5.34.